The molecule has 2 aromatic heterocycles. The SMILES string of the molecule is Cc1nc(-c2ccnc(NC(=O)O)n2)ccc1OCC(C)CC(C)C. The second kappa shape index (κ2) is 8.41. The quantitative estimate of drug-likeness (QED) is 0.788. The minimum atomic E-state index is -1.21. The number of nitrogens with one attached hydrogen (secondary N) is 1. The third-order valence-electron chi connectivity index (χ3n) is 3.57. The number of nitrogens with zero attached hydrogens (tertiary/aromatic N) is 3. The molecule has 1 atom stereocenters. The molecule has 2 N–H and O–H groups in total. The normalized spacial score (nSPS) is 12.0. The Morgan fingerprint density at radius 3 is 2.56 bits per heavy atom. The lowest BCUT2D eigenvalue weighted by atomic mass is 10.00. The Bertz CT molecular complexity index is 734. The maximum atomic E-state index is 10.7. The van der Waals surface area contributed by atoms with Crippen molar-refractivity contribution in [2.45, 2.75) is 34.1 Å². The molecule has 0 saturated carbocycles. The minimum absolute atomic E-state index is 0.0206. The van der Waals surface area contributed by atoms with Crippen LogP contribution < -0.4 is 10.1 Å². The van der Waals surface area contributed by atoms with Gasteiger partial charge in [-0.05, 0) is 43.4 Å². The van der Waals surface area contributed by atoms with Crippen LogP contribution in [0.2, 0.25) is 0 Å². The van der Waals surface area contributed by atoms with Gasteiger partial charge in [-0.3, -0.25) is 5.32 Å². The van der Waals surface area contributed by atoms with Gasteiger partial charge in [0.25, 0.3) is 0 Å². The highest BCUT2D eigenvalue weighted by Gasteiger charge is 2.11. The van der Waals surface area contributed by atoms with Gasteiger partial charge in [0.2, 0.25) is 5.95 Å². The second-order valence-corrected chi connectivity index (χ2v) is 6.52. The fourth-order valence-corrected chi connectivity index (χ4v) is 2.61. The molecular formula is C18H24N4O3. The van der Waals surface area contributed by atoms with Gasteiger partial charge in [-0.2, -0.15) is 0 Å². The maximum Gasteiger partial charge on any atom is 0.411 e. The monoisotopic (exact) mass is 344 g/mol. The number of amides is 1. The summed E-state index contributed by atoms with van der Waals surface area (Å²) >= 11 is 0. The Labute approximate surface area is 147 Å². The molecule has 0 radical (unpaired) electrons. The number of aryl methyl sites for hydroxylation is 1. The lowest BCUT2D eigenvalue weighted by Crippen LogP contribution is -2.12. The van der Waals surface area contributed by atoms with Crippen molar-refractivity contribution >= 4 is 12.0 Å². The molecule has 0 aliphatic rings. The molecule has 25 heavy (non-hydrogen) atoms. The van der Waals surface area contributed by atoms with Crippen LogP contribution in [0, 0.1) is 18.8 Å². The fraction of sp³-hybridized carbons (Fsp3) is 0.444. The highest BCUT2D eigenvalue weighted by molar-refractivity contribution is 5.80. The van der Waals surface area contributed by atoms with Crippen LogP contribution in [0.5, 0.6) is 5.75 Å². The van der Waals surface area contributed by atoms with Gasteiger partial charge in [0, 0.05) is 6.20 Å². The Morgan fingerprint density at radius 2 is 1.92 bits per heavy atom. The molecule has 2 rings (SSSR count). The zero-order valence-electron chi connectivity index (χ0n) is 15.0. The fourth-order valence-electron chi connectivity index (χ4n) is 2.61. The van der Waals surface area contributed by atoms with E-state index in [-0.39, 0.29) is 5.95 Å². The summed E-state index contributed by atoms with van der Waals surface area (Å²) in [6, 6.07) is 5.36. The summed E-state index contributed by atoms with van der Waals surface area (Å²) in [6.45, 7) is 9.11. The molecule has 7 nitrogen and oxygen atoms in total. The molecular weight excluding hydrogens is 320 g/mol. The molecule has 1 amide bonds. The second-order valence-electron chi connectivity index (χ2n) is 6.52. The van der Waals surface area contributed by atoms with Gasteiger partial charge in [0.05, 0.1) is 23.7 Å². The van der Waals surface area contributed by atoms with Crippen molar-refractivity contribution in [3.63, 3.8) is 0 Å². The van der Waals surface area contributed by atoms with Crippen LogP contribution >= 0.6 is 0 Å². The summed E-state index contributed by atoms with van der Waals surface area (Å²) in [6.07, 6.45) is 1.40. The highest BCUT2D eigenvalue weighted by Crippen LogP contribution is 2.23. The first kappa shape index (κ1) is 18.6. The minimum Gasteiger partial charge on any atom is -0.491 e. The van der Waals surface area contributed by atoms with E-state index in [4.69, 9.17) is 9.84 Å². The lowest BCUT2D eigenvalue weighted by Gasteiger charge is -2.16. The molecule has 0 bridgehead atoms. The van der Waals surface area contributed by atoms with E-state index in [1.165, 1.54) is 6.20 Å². The summed E-state index contributed by atoms with van der Waals surface area (Å²) in [4.78, 5) is 23.2. The number of ether oxygens (including phenoxy) is 1. The van der Waals surface area contributed by atoms with E-state index in [0.717, 1.165) is 17.9 Å². The topological polar surface area (TPSA) is 97.2 Å². The number of anilines is 1. The van der Waals surface area contributed by atoms with E-state index in [0.29, 0.717) is 29.8 Å². The van der Waals surface area contributed by atoms with Gasteiger partial charge in [-0.15, -0.1) is 0 Å². The van der Waals surface area contributed by atoms with Crippen molar-refractivity contribution in [2.75, 3.05) is 11.9 Å². The molecule has 0 saturated heterocycles. The number of aromatic nitrogens is 3. The van der Waals surface area contributed by atoms with Crippen LogP contribution in [0.25, 0.3) is 11.4 Å². The van der Waals surface area contributed by atoms with Gasteiger partial charge in [-0.25, -0.2) is 19.7 Å². The predicted octanol–water partition coefficient (Wildman–Crippen LogP) is 4.00. The van der Waals surface area contributed by atoms with Crippen molar-refractivity contribution in [3.8, 4) is 17.1 Å². The van der Waals surface area contributed by atoms with Crippen LogP contribution in [0.4, 0.5) is 10.7 Å². The Morgan fingerprint density at radius 1 is 1.20 bits per heavy atom. The lowest BCUT2D eigenvalue weighted by molar-refractivity contribution is 0.209. The molecule has 0 spiro atoms. The number of hydrogen-bond acceptors (Lipinski definition) is 5. The third kappa shape index (κ3) is 5.70. The van der Waals surface area contributed by atoms with Gasteiger partial charge < -0.3 is 9.84 Å². The summed E-state index contributed by atoms with van der Waals surface area (Å²) in [7, 11) is 0. The molecule has 7 heteroatoms. The Hall–Kier alpha value is -2.70. The van der Waals surface area contributed by atoms with Crippen LogP contribution in [0.15, 0.2) is 24.4 Å². The van der Waals surface area contributed by atoms with E-state index in [9.17, 15) is 4.79 Å². The molecule has 0 aliphatic heterocycles. The number of carboxylic acid groups (broad SMARTS) is 1. The van der Waals surface area contributed by atoms with Crippen LogP contribution in [-0.4, -0.2) is 32.8 Å². The van der Waals surface area contributed by atoms with Gasteiger partial charge >= 0.3 is 6.09 Å². The van der Waals surface area contributed by atoms with E-state index in [2.05, 4.69) is 41.0 Å². The zero-order valence-corrected chi connectivity index (χ0v) is 15.0. The van der Waals surface area contributed by atoms with Crippen LogP contribution in [-0.2, 0) is 0 Å². The van der Waals surface area contributed by atoms with Crippen LogP contribution in [0.1, 0.15) is 32.9 Å². The average molecular weight is 344 g/mol. The summed E-state index contributed by atoms with van der Waals surface area (Å²) in [5, 5.41) is 10.9. The van der Waals surface area contributed by atoms with Crippen molar-refractivity contribution in [1.29, 1.82) is 0 Å². The largest absolute Gasteiger partial charge is 0.491 e. The van der Waals surface area contributed by atoms with E-state index in [1.54, 1.807) is 6.07 Å². The van der Waals surface area contributed by atoms with E-state index in [1.807, 2.05) is 19.1 Å². The zero-order chi connectivity index (χ0) is 18.4. The smallest absolute Gasteiger partial charge is 0.411 e. The van der Waals surface area contributed by atoms with Gasteiger partial charge in [0.15, 0.2) is 0 Å². The third-order valence-corrected chi connectivity index (χ3v) is 3.57. The molecule has 2 aromatic rings. The summed E-state index contributed by atoms with van der Waals surface area (Å²) in [5.41, 5.74) is 1.94. The molecule has 0 fully saturated rings. The molecule has 134 valence electrons. The number of rotatable bonds is 7. The first-order valence-electron chi connectivity index (χ1n) is 8.29. The van der Waals surface area contributed by atoms with Crippen molar-refractivity contribution in [3.05, 3.63) is 30.1 Å². The van der Waals surface area contributed by atoms with Crippen LogP contribution in [0.3, 0.4) is 0 Å². The first-order chi connectivity index (χ1) is 11.8. The highest BCUT2D eigenvalue weighted by atomic mass is 16.5. The van der Waals surface area contributed by atoms with Crippen molar-refractivity contribution < 1.29 is 14.6 Å². The first-order valence-corrected chi connectivity index (χ1v) is 8.29. The maximum absolute atomic E-state index is 10.7. The van der Waals surface area contributed by atoms with Crippen molar-refractivity contribution in [1.82, 2.24) is 15.0 Å². The Balaban J connectivity index is 2.10. The number of hydrogen-bond donors (Lipinski definition) is 2. The summed E-state index contributed by atoms with van der Waals surface area (Å²) < 4.78 is 5.88. The molecule has 2 heterocycles. The van der Waals surface area contributed by atoms with E-state index < -0.39 is 6.09 Å². The van der Waals surface area contributed by atoms with Gasteiger partial charge in [0.1, 0.15) is 5.75 Å². The summed E-state index contributed by atoms with van der Waals surface area (Å²) in [5.74, 6) is 1.89. The van der Waals surface area contributed by atoms with Gasteiger partial charge in [-0.1, -0.05) is 20.8 Å². The standard InChI is InChI=1S/C18H24N4O3/c1-11(2)9-12(3)10-25-16-6-5-14(20-13(16)4)15-7-8-19-17(21-15)22-18(23)24/h5-8,11-12H,9-10H2,1-4H3,(H,23,24)(H,19,21,22). The number of pyridine rings is 1. The average Bonchev–Trinajstić information content (AvgIpc) is 2.52. The molecule has 0 aromatic carbocycles. The van der Waals surface area contributed by atoms with Crippen molar-refractivity contribution in [2.24, 2.45) is 11.8 Å². The predicted molar refractivity (Wildman–Crippen MR) is 95.8 cm³/mol. The molecule has 1 unspecified atom stereocenters. The molecule has 0 aliphatic carbocycles. The number of carbonyl (C=O) groups is 1. The van der Waals surface area contributed by atoms with E-state index >= 15 is 0 Å². The Kier molecular flexibility index (Phi) is 6.27.